The van der Waals surface area contributed by atoms with Crippen molar-refractivity contribution in [1.82, 2.24) is 5.32 Å². The topological polar surface area (TPSA) is 84.9 Å². The summed E-state index contributed by atoms with van der Waals surface area (Å²) < 4.78 is 10.9. The van der Waals surface area contributed by atoms with Crippen LogP contribution in [-0.4, -0.2) is 49.5 Å². The highest BCUT2D eigenvalue weighted by molar-refractivity contribution is 5.79. The Labute approximate surface area is 144 Å². The smallest absolute Gasteiger partial charge is 0.303 e. The molecular formula is C18H31NO5. The number of hydrogen-bond donors (Lipinski definition) is 2. The number of hydrogen-bond acceptors (Lipinski definition) is 4. The monoisotopic (exact) mass is 341 g/mol. The number of carbonyl (C=O) groups excluding carboxylic acids is 1. The molecule has 0 aromatic carbocycles. The van der Waals surface area contributed by atoms with Crippen molar-refractivity contribution < 1.29 is 24.2 Å². The van der Waals surface area contributed by atoms with E-state index in [-0.39, 0.29) is 36.5 Å². The largest absolute Gasteiger partial charge is 0.481 e. The Bertz CT molecular complexity index is 420. The standard InChI is InChI=1S/C18H31NO5/c1-23-14-8-9-15(16(11-14)24-2)18(22)19-13-6-3-12(4-7-13)5-10-17(20)21/h12-16H,3-11H2,1-2H3,(H,19,22)(H,20,21). The lowest BCUT2D eigenvalue weighted by molar-refractivity contribution is -0.137. The maximum absolute atomic E-state index is 12.6. The van der Waals surface area contributed by atoms with Crippen LogP contribution in [0.25, 0.3) is 0 Å². The van der Waals surface area contributed by atoms with Gasteiger partial charge in [0.25, 0.3) is 0 Å². The van der Waals surface area contributed by atoms with Crippen molar-refractivity contribution in [2.24, 2.45) is 11.8 Å². The Hall–Kier alpha value is -1.14. The van der Waals surface area contributed by atoms with Crippen molar-refractivity contribution in [1.29, 1.82) is 0 Å². The van der Waals surface area contributed by atoms with E-state index in [9.17, 15) is 9.59 Å². The van der Waals surface area contributed by atoms with E-state index in [1.165, 1.54) is 0 Å². The van der Waals surface area contributed by atoms with E-state index < -0.39 is 5.97 Å². The quantitative estimate of drug-likeness (QED) is 0.742. The van der Waals surface area contributed by atoms with E-state index in [4.69, 9.17) is 14.6 Å². The summed E-state index contributed by atoms with van der Waals surface area (Å²) in [7, 11) is 3.37. The lowest BCUT2D eigenvalue weighted by Crippen LogP contribution is -2.47. The van der Waals surface area contributed by atoms with E-state index in [0.717, 1.165) is 51.4 Å². The summed E-state index contributed by atoms with van der Waals surface area (Å²) >= 11 is 0. The molecule has 24 heavy (non-hydrogen) atoms. The third-order valence-electron chi connectivity index (χ3n) is 5.68. The van der Waals surface area contributed by atoms with Crippen LogP contribution in [0.5, 0.6) is 0 Å². The van der Waals surface area contributed by atoms with Crippen LogP contribution in [0.1, 0.15) is 57.8 Å². The summed E-state index contributed by atoms with van der Waals surface area (Å²) in [6.45, 7) is 0. The fourth-order valence-corrected chi connectivity index (χ4v) is 4.10. The molecule has 0 bridgehead atoms. The third kappa shape index (κ3) is 5.45. The van der Waals surface area contributed by atoms with Gasteiger partial charge in [-0.15, -0.1) is 0 Å². The molecule has 0 aliphatic heterocycles. The predicted octanol–water partition coefficient (Wildman–Crippen LogP) is 2.36. The van der Waals surface area contributed by atoms with Crippen LogP contribution in [0.15, 0.2) is 0 Å². The second-order valence-corrected chi connectivity index (χ2v) is 7.21. The number of rotatable bonds is 7. The average Bonchev–Trinajstić information content (AvgIpc) is 2.60. The Morgan fingerprint density at radius 3 is 2.33 bits per heavy atom. The highest BCUT2D eigenvalue weighted by Crippen LogP contribution is 2.31. The first-order chi connectivity index (χ1) is 11.5. The van der Waals surface area contributed by atoms with Crippen molar-refractivity contribution in [3.05, 3.63) is 0 Å². The molecule has 2 fully saturated rings. The van der Waals surface area contributed by atoms with Gasteiger partial charge in [0.05, 0.1) is 18.1 Å². The zero-order valence-electron chi connectivity index (χ0n) is 14.8. The zero-order chi connectivity index (χ0) is 17.5. The molecule has 0 aromatic heterocycles. The van der Waals surface area contributed by atoms with Crippen molar-refractivity contribution in [2.75, 3.05) is 14.2 Å². The van der Waals surface area contributed by atoms with Gasteiger partial charge >= 0.3 is 5.97 Å². The van der Waals surface area contributed by atoms with E-state index in [1.807, 2.05) is 0 Å². The Balaban J connectivity index is 1.75. The number of nitrogens with one attached hydrogen (secondary N) is 1. The van der Waals surface area contributed by atoms with Gasteiger partial charge in [0.1, 0.15) is 0 Å². The Morgan fingerprint density at radius 1 is 1.04 bits per heavy atom. The molecule has 0 saturated heterocycles. The number of carbonyl (C=O) groups is 2. The molecule has 3 atom stereocenters. The molecule has 0 spiro atoms. The van der Waals surface area contributed by atoms with Crippen LogP contribution in [0.4, 0.5) is 0 Å². The zero-order valence-corrected chi connectivity index (χ0v) is 14.8. The summed E-state index contributed by atoms with van der Waals surface area (Å²) in [6, 6.07) is 0.219. The minimum absolute atomic E-state index is 0.0735. The molecular weight excluding hydrogens is 310 g/mol. The number of ether oxygens (including phenoxy) is 2. The second-order valence-electron chi connectivity index (χ2n) is 7.21. The third-order valence-corrected chi connectivity index (χ3v) is 5.68. The molecule has 1 amide bonds. The lowest BCUT2D eigenvalue weighted by atomic mass is 9.81. The van der Waals surface area contributed by atoms with E-state index in [2.05, 4.69) is 5.32 Å². The molecule has 0 radical (unpaired) electrons. The number of methoxy groups -OCH3 is 2. The van der Waals surface area contributed by atoms with Gasteiger partial charge in [-0.1, -0.05) is 0 Å². The van der Waals surface area contributed by atoms with Gasteiger partial charge < -0.3 is 19.9 Å². The molecule has 0 heterocycles. The van der Waals surface area contributed by atoms with Gasteiger partial charge in [0.2, 0.25) is 5.91 Å². The molecule has 2 N–H and O–H groups in total. The average molecular weight is 341 g/mol. The van der Waals surface area contributed by atoms with Crippen molar-refractivity contribution in [3.63, 3.8) is 0 Å². The van der Waals surface area contributed by atoms with Crippen molar-refractivity contribution in [3.8, 4) is 0 Å². The SMILES string of the molecule is COC1CCC(C(=O)NC2CCC(CCC(=O)O)CC2)C(OC)C1. The predicted molar refractivity (Wildman–Crippen MR) is 89.7 cm³/mol. The summed E-state index contributed by atoms with van der Waals surface area (Å²) in [4.78, 5) is 23.3. The van der Waals surface area contributed by atoms with Crippen LogP contribution >= 0.6 is 0 Å². The van der Waals surface area contributed by atoms with Crippen LogP contribution in [0.2, 0.25) is 0 Å². The maximum atomic E-state index is 12.6. The summed E-state index contributed by atoms with van der Waals surface area (Å²) in [5.41, 5.74) is 0. The molecule has 2 aliphatic carbocycles. The van der Waals surface area contributed by atoms with Crippen molar-refractivity contribution >= 4 is 11.9 Å². The Morgan fingerprint density at radius 2 is 1.75 bits per heavy atom. The van der Waals surface area contributed by atoms with Crippen molar-refractivity contribution in [2.45, 2.75) is 76.0 Å². The number of amides is 1. The van der Waals surface area contributed by atoms with Crippen LogP contribution in [-0.2, 0) is 19.1 Å². The normalized spacial score (nSPS) is 33.8. The lowest BCUT2D eigenvalue weighted by Gasteiger charge is -2.35. The molecule has 2 rings (SSSR count). The molecule has 6 heteroatoms. The van der Waals surface area contributed by atoms with Gasteiger partial charge in [-0.05, 0) is 50.9 Å². The minimum atomic E-state index is -0.720. The van der Waals surface area contributed by atoms with Gasteiger partial charge in [0.15, 0.2) is 0 Å². The van der Waals surface area contributed by atoms with E-state index in [1.54, 1.807) is 14.2 Å². The highest BCUT2D eigenvalue weighted by Gasteiger charge is 2.36. The summed E-state index contributed by atoms with van der Waals surface area (Å²) in [5, 5.41) is 12.0. The first-order valence-corrected chi connectivity index (χ1v) is 9.11. The fraction of sp³-hybridized carbons (Fsp3) is 0.889. The van der Waals surface area contributed by atoms with Crippen LogP contribution in [0.3, 0.4) is 0 Å². The maximum Gasteiger partial charge on any atom is 0.303 e. The van der Waals surface area contributed by atoms with Gasteiger partial charge in [-0.3, -0.25) is 9.59 Å². The molecule has 2 saturated carbocycles. The molecule has 138 valence electrons. The number of carboxylic acids is 1. The summed E-state index contributed by atoms with van der Waals surface area (Å²) in [6.07, 6.45) is 7.48. The number of carboxylic acid groups (broad SMARTS) is 1. The molecule has 2 aliphatic rings. The molecule has 3 unspecified atom stereocenters. The highest BCUT2D eigenvalue weighted by atomic mass is 16.5. The number of aliphatic carboxylic acids is 1. The van der Waals surface area contributed by atoms with E-state index >= 15 is 0 Å². The van der Waals surface area contributed by atoms with E-state index in [0.29, 0.717) is 5.92 Å². The fourth-order valence-electron chi connectivity index (χ4n) is 4.10. The molecule has 6 nitrogen and oxygen atoms in total. The second kappa shape index (κ2) is 9.37. The van der Waals surface area contributed by atoms with Gasteiger partial charge in [-0.2, -0.15) is 0 Å². The van der Waals surface area contributed by atoms with Gasteiger partial charge in [-0.25, -0.2) is 0 Å². The molecule has 0 aromatic rings. The first-order valence-electron chi connectivity index (χ1n) is 9.11. The summed E-state index contributed by atoms with van der Waals surface area (Å²) in [5.74, 6) is -0.225. The van der Waals surface area contributed by atoms with Crippen LogP contribution in [0, 0.1) is 11.8 Å². The first kappa shape index (κ1) is 19.2. The Kier molecular flexibility index (Phi) is 7.49. The van der Waals surface area contributed by atoms with Crippen LogP contribution < -0.4 is 5.32 Å². The minimum Gasteiger partial charge on any atom is -0.481 e. The van der Waals surface area contributed by atoms with Gasteiger partial charge in [0, 0.05) is 33.1 Å².